The Bertz CT molecular complexity index is 1280. The summed E-state index contributed by atoms with van der Waals surface area (Å²) in [6.45, 7) is 0. The van der Waals surface area contributed by atoms with Crippen molar-refractivity contribution < 1.29 is 27.2 Å². The van der Waals surface area contributed by atoms with Crippen molar-refractivity contribution in [1.29, 1.82) is 0 Å². The second-order valence-corrected chi connectivity index (χ2v) is 7.78. The Kier molecular flexibility index (Phi) is 4.86. The van der Waals surface area contributed by atoms with Gasteiger partial charge in [-0.2, -0.15) is 18.3 Å². The van der Waals surface area contributed by atoms with Gasteiger partial charge in [-0.1, -0.05) is 0 Å². The van der Waals surface area contributed by atoms with Crippen molar-refractivity contribution >= 4 is 55.0 Å². The molecule has 0 unspecified atom stereocenters. The number of hydrogen-bond donors (Lipinski definition) is 3. The molecule has 0 saturated heterocycles. The smallest absolute Gasteiger partial charge is 0.433 e. The first-order valence-corrected chi connectivity index (χ1v) is 9.66. The van der Waals surface area contributed by atoms with Gasteiger partial charge in [0.25, 0.3) is 11.8 Å². The Labute approximate surface area is 177 Å². The first-order chi connectivity index (χ1) is 14.2. The molecule has 0 aliphatic carbocycles. The summed E-state index contributed by atoms with van der Waals surface area (Å²) in [5, 5.41) is 8.82. The summed E-state index contributed by atoms with van der Waals surface area (Å²) in [5.74, 6) is -1.53. The number of primary amides is 1. The number of amides is 2. The fourth-order valence-electron chi connectivity index (χ4n) is 2.77. The van der Waals surface area contributed by atoms with Crippen molar-refractivity contribution in [3.63, 3.8) is 0 Å². The van der Waals surface area contributed by atoms with Gasteiger partial charge in [0.1, 0.15) is 26.9 Å². The number of aromatic nitrogens is 3. The third-order valence-electron chi connectivity index (χ3n) is 4.02. The number of rotatable bonds is 4. The predicted octanol–water partition coefficient (Wildman–Crippen LogP) is 4.41. The normalized spacial score (nSPS) is 11.7. The number of carbonyl (C=O) groups is 2. The lowest BCUT2D eigenvalue weighted by atomic mass is 10.1. The summed E-state index contributed by atoms with van der Waals surface area (Å²) in [6.07, 6.45) is -2.10. The minimum absolute atomic E-state index is 0.0000476. The van der Waals surface area contributed by atoms with Crippen LogP contribution in [0.5, 0.6) is 0 Å². The maximum atomic E-state index is 13.4. The van der Waals surface area contributed by atoms with Crippen molar-refractivity contribution in [3.8, 4) is 11.3 Å². The molecule has 154 valence electrons. The number of alkyl halides is 3. The third-order valence-corrected chi connectivity index (χ3v) is 5.72. The average molecular weight is 500 g/mol. The van der Waals surface area contributed by atoms with Crippen molar-refractivity contribution in [2.75, 3.05) is 5.32 Å². The number of nitrogens with two attached hydrogens (primary N) is 1. The van der Waals surface area contributed by atoms with Crippen LogP contribution in [0.1, 0.15) is 25.9 Å². The van der Waals surface area contributed by atoms with E-state index >= 15 is 0 Å². The molecular formula is C17H9BrF3N5O3S. The van der Waals surface area contributed by atoms with Gasteiger partial charge in [-0.15, -0.1) is 11.3 Å². The van der Waals surface area contributed by atoms with E-state index in [0.717, 1.165) is 6.07 Å². The molecule has 0 fully saturated rings. The number of anilines is 1. The quantitative estimate of drug-likeness (QED) is 0.383. The molecule has 4 heterocycles. The molecular weight excluding hydrogens is 491 g/mol. The zero-order valence-electron chi connectivity index (χ0n) is 14.5. The molecule has 0 saturated carbocycles. The monoisotopic (exact) mass is 499 g/mol. The molecule has 13 heteroatoms. The van der Waals surface area contributed by atoms with E-state index in [1.54, 1.807) is 0 Å². The molecule has 4 rings (SSSR count). The van der Waals surface area contributed by atoms with Crippen LogP contribution in [-0.2, 0) is 6.18 Å². The Morgan fingerprint density at radius 1 is 1.33 bits per heavy atom. The zero-order chi connectivity index (χ0) is 21.6. The van der Waals surface area contributed by atoms with Gasteiger partial charge >= 0.3 is 6.18 Å². The van der Waals surface area contributed by atoms with Gasteiger partial charge in [0.05, 0.1) is 22.6 Å². The number of nitrogens with one attached hydrogen (secondary N) is 2. The first-order valence-electron chi connectivity index (χ1n) is 8.05. The average Bonchev–Trinajstić information content (AvgIpc) is 3.40. The van der Waals surface area contributed by atoms with Crippen LogP contribution in [0.2, 0.25) is 0 Å². The molecule has 4 aromatic rings. The summed E-state index contributed by atoms with van der Waals surface area (Å²) in [4.78, 5) is 28.0. The Morgan fingerprint density at radius 3 is 2.67 bits per heavy atom. The van der Waals surface area contributed by atoms with Gasteiger partial charge in [-0.25, -0.2) is 4.98 Å². The third kappa shape index (κ3) is 3.45. The van der Waals surface area contributed by atoms with Crippen molar-refractivity contribution in [1.82, 2.24) is 15.2 Å². The van der Waals surface area contributed by atoms with Gasteiger partial charge in [-0.05, 0) is 34.1 Å². The SMILES string of the molecule is NC(=O)c1sc2nc(C(F)(F)F)cc(-c3ccco3)c2c1NC(=O)c1[nH]ncc1Br. The van der Waals surface area contributed by atoms with Crippen LogP contribution in [0.15, 0.2) is 39.5 Å². The molecule has 4 aromatic heterocycles. The number of nitrogens with zero attached hydrogens (tertiary/aromatic N) is 2. The fraction of sp³-hybridized carbons (Fsp3) is 0.0588. The van der Waals surface area contributed by atoms with Crippen LogP contribution in [0.4, 0.5) is 18.9 Å². The summed E-state index contributed by atoms with van der Waals surface area (Å²) in [5.41, 5.74) is 4.22. The number of pyridine rings is 1. The first kappa shape index (κ1) is 20.1. The number of H-pyrrole nitrogens is 1. The van der Waals surface area contributed by atoms with E-state index in [-0.39, 0.29) is 37.8 Å². The van der Waals surface area contributed by atoms with Crippen LogP contribution >= 0.6 is 27.3 Å². The van der Waals surface area contributed by atoms with Crippen LogP contribution in [0, 0.1) is 0 Å². The Morgan fingerprint density at radius 2 is 2.10 bits per heavy atom. The topological polar surface area (TPSA) is 127 Å². The largest absolute Gasteiger partial charge is 0.464 e. The lowest BCUT2D eigenvalue weighted by Crippen LogP contribution is -2.17. The minimum Gasteiger partial charge on any atom is -0.464 e. The number of thiophene rings is 1. The van der Waals surface area contributed by atoms with Gasteiger partial charge in [0, 0.05) is 10.9 Å². The Hall–Kier alpha value is -3.19. The summed E-state index contributed by atoms with van der Waals surface area (Å²) in [6, 6.07) is 3.74. The lowest BCUT2D eigenvalue weighted by Gasteiger charge is -2.10. The van der Waals surface area contributed by atoms with E-state index in [9.17, 15) is 22.8 Å². The van der Waals surface area contributed by atoms with Gasteiger partial charge in [0.15, 0.2) is 0 Å². The number of halogens is 4. The zero-order valence-corrected chi connectivity index (χ0v) is 16.9. The maximum Gasteiger partial charge on any atom is 0.433 e. The number of aromatic amines is 1. The molecule has 0 aliphatic rings. The van der Waals surface area contributed by atoms with Crippen LogP contribution < -0.4 is 11.1 Å². The lowest BCUT2D eigenvalue weighted by molar-refractivity contribution is -0.140. The van der Waals surface area contributed by atoms with Gasteiger partial charge in [-0.3, -0.25) is 14.7 Å². The van der Waals surface area contributed by atoms with Crippen LogP contribution in [0.3, 0.4) is 0 Å². The number of furan rings is 1. The van der Waals surface area contributed by atoms with Gasteiger partial charge < -0.3 is 15.5 Å². The van der Waals surface area contributed by atoms with E-state index in [1.807, 2.05) is 0 Å². The Balaban J connectivity index is 1.99. The van der Waals surface area contributed by atoms with Crippen molar-refractivity contribution in [3.05, 3.63) is 51.4 Å². The second-order valence-electron chi connectivity index (χ2n) is 5.93. The van der Waals surface area contributed by atoms with E-state index in [0.29, 0.717) is 15.8 Å². The maximum absolute atomic E-state index is 13.4. The molecule has 0 radical (unpaired) electrons. The molecule has 0 aromatic carbocycles. The second kappa shape index (κ2) is 7.25. The highest BCUT2D eigenvalue weighted by Gasteiger charge is 2.35. The highest BCUT2D eigenvalue weighted by Crippen LogP contribution is 2.43. The van der Waals surface area contributed by atoms with E-state index in [4.69, 9.17) is 10.2 Å². The molecule has 0 bridgehead atoms. The highest BCUT2D eigenvalue weighted by molar-refractivity contribution is 9.10. The fourth-order valence-corrected chi connectivity index (χ4v) is 4.15. The predicted molar refractivity (Wildman–Crippen MR) is 105 cm³/mol. The van der Waals surface area contributed by atoms with Crippen molar-refractivity contribution in [2.45, 2.75) is 6.18 Å². The summed E-state index contributed by atoms with van der Waals surface area (Å²) >= 11 is 3.79. The minimum atomic E-state index is -4.74. The molecule has 4 N–H and O–H groups in total. The highest BCUT2D eigenvalue weighted by atomic mass is 79.9. The molecule has 2 amide bonds. The van der Waals surface area contributed by atoms with E-state index in [2.05, 4.69) is 36.4 Å². The summed E-state index contributed by atoms with van der Waals surface area (Å²) in [7, 11) is 0. The number of fused-ring (bicyclic) bond motifs is 1. The molecule has 8 nitrogen and oxygen atoms in total. The number of carbonyl (C=O) groups excluding carboxylic acids is 2. The standard InChI is InChI=1S/C17H9BrF3N5O3S/c18-7-5-23-26-11(7)15(28)25-12-10-6(8-2-1-3-29-8)4-9(17(19,20)21)24-16(10)30-13(12)14(22)27/h1-5H,(H2,22,27)(H,23,26)(H,25,28). The summed E-state index contributed by atoms with van der Waals surface area (Å²) < 4.78 is 45.8. The molecule has 0 spiro atoms. The number of hydrogen-bond acceptors (Lipinski definition) is 6. The van der Waals surface area contributed by atoms with Crippen LogP contribution in [0.25, 0.3) is 21.5 Å². The van der Waals surface area contributed by atoms with E-state index in [1.165, 1.54) is 24.6 Å². The van der Waals surface area contributed by atoms with Crippen molar-refractivity contribution in [2.24, 2.45) is 5.73 Å². The van der Waals surface area contributed by atoms with E-state index < -0.39 is 23.7 Å². The molecule has 0 atom stereocenters. The van der Waals surface area contributed by atoms with Gasteiger partial charge in [0.2, 0.25) is 0 Å². The molecule has 0 aliphatic heterocycles. The van der Waals surface area contributed by atoms with Crippen LogP contribution in [-0.4, -0.2) is 27.0 Å². The molecule has 30 heavy (non-hydrogen) atoms.